The van der Waals surface area contributed by atoms with Gasteiger partial charge in [-0.25, -0.2) is 4.99 Å². The van der Waals surface area contributed by atoms with Gasteiger partial charge in [0.15, 0.2) is 11.6 Å². The van der Waals surface area contributed by atoms with E-state index >= 15 is 0 Å². The van der Waals surface area contributed by atoms with E-state index in [-0.39, 0.29) is 12.5 Å². The molecular formula is C34H31BrN2O4. The number of aliphatic hydroxyl groups excluding tert-OH is 1. The van der Waals surface area contributed by atoms with E-state index in [0.717, 1.165) is 21.2 Å². The summed E-state index contributed by atoms with van der Waals surface area (Å²) in [5.41, 5.74) is 2.02. The molecule has 208 valence electrons. The fourth-order valence-electron chi connectivity index (χ4n) is 4.65. The molecule has 5 rings (SSSR count). The maximum atomic E-state index is 14.2. The van der Waals surface area contributed by atoms with Gasteiger partial charge in [-0.3, -0.25) is 4.79 Å². The topological polar surface area (TPSA) is 80.2 Å². The zero-order valence-corrected chi connectivity index (χ0v) is 24.0. The molecule has 0 bridgehead atoms. The lowest BCUT2D eigenvalue weighted by Crippen LogP contribution is -2.44. The molecule has 1 aliphatic rings. The van der Waals surface area contributed by atoms with E-state index in [0.29, 0.717) is 36.8 Å². The average Bonchev–Trinajstić information content (AvgIpc) is 3.40. The van der Waals surface area contributed by atoms with Crippen molar-refractivity contribution in [1.82, 2.24) is 0 Å². The number of nitrogens with zero attached hydrogens (tertiary/aromatic N) is 1. The first kappa shape index (κ1) is 28.3. The Morgan fingerprint density at radius 1 is 0.951 bits per heavy atom. The number of rotatable bonds is 11. The third-order valence-electron chi connectivity index (χ3n) is 6.77. The van der Waals surface area contributed by atoms with Crippen LogP contribution in [-0.2, 0) is 9.53 Å². The minimum atomic E-state index is -1.28. The Hall–Kier alpha value is -4.20. The third-order valence-corrected chi connectivity index (χ3v) is 7.30. The van der Waals surface area contributed by atoms with Crippen molar-refractivity contribution in [1.29, 1.82) is 0 Å². The Morgan fingerprint density at radius 3 is 2.32 bits per heavy atom. The van der Waals surface area contributed by atoms with Gasteiger partial charge in [0.2, 0.25) is 5.90 Å². The normalized spacial score (nSPS) is 18.1. The Labute approximate surface area is 248 Å². The highest BCUT2D eigenvalue weighted by Crippen LogP contribution is 2.43. The van der Waals surface area contributed by atoms with Crippen LogP contribution in [0.5, 0.6) is 5.75 Å². The number of halogens is 1. The number of nitrogens with one attached hydrogen (secondary N) is 1. The van der Waals surface area contributed by atoms with Gasteiger partial charge in [-0.15, -0.1) is 0 Å². The fraction of sp³-hybridized carbons (Fsp3) is 0.176. The Morgan fingerprint density at radius 2 is 1.63 bits per heavy atom. The summed E-state index contributed by atoms with van der Waals surface area (Å²) in [6, 6.07) is 34.6. The van der Waals surface area contributed by atoms with E-state index in [2.05, 4.69) is 21.2 Å². The van der Waals surface area contributed by atoms with Crippen molar-refractivity contribution in [3.63, 3.8) is 0 Å². The summed E-state index contributed by atoms with van der Waals surface area (Å²) in [5.74, 6) is 0.813. The SMILES string of the molecule is O=C(Nc1ccccc1)[C@]1(C/C=C/c2ccccc2)N=C(c2ccc(OCCCO)cc2)O[C@@H]1c1ccc(Br)cc1. The van der Waals surface area contributed by atoms with E-state index in [1.807, 2.05) is 121 Å². The molecule has 7 heteroatoms. The van der Waals surface area contributed by atoms with Gasteiger partial charge >= 0.3 is 0 Å². The zero-order chi connectivity index (χ0) is 28.5. The summed E-state index contributed by atoms with van der Waals surface area (Å²) in [5, 5.41) is 12.1. The van der Waals surface area contributed by atoms with Crippen LogP contribution in [-0.4, -0.2) is 35.7 Å². The van der Waals surface area contributed by atoms with Crippen molar-refractivity contribution >= 4 is 39.5 Å². The number of aliphatic imine (C=N–C) groups is 1. The van der Waals surface area contributed by atoms with Crippen LogP contribution in [0.15, 0.2) is 125 Å². The third kappa shape index (κ3) is 6.93. The van der Waals surface area contributed by atoms with Gasteiger partial charge in [0.1, 0.15) is 5.75 Å². The smallest absolute Gasteiger partial charge is 0.257 e. The molecule has 2 N–H and O–H groups in total. The average molecular weight is 612 g/mol. The molecule has 0 aliphatic carbocycles. The molecule has 4 aromatic carbocycles. The number of hydrogen-bond donors (Lipinski definition) is 2. The number of ether oxygens (including phenoxy) is 2. The highest BCUT2D eigenvalue weighted by Gasteiger charge is 2.52. The van der Waals surface area contributed by atoms with Crippen molar-refractivity contribution in [2.75, 3.05) is 18.5 Å². The summed E-state index contributed by atoms with van der Waals surface area (Å²) in [6.45, 7) is 0.501. The number of anilines is 1. The molecule has 4 aromatic rings. The van der Waals surface area contributed by atoms with Crippen molar-refractivity contribution in [2.24, 2.45) is 4.99 Å². The van der Waals surface area contributed by atoms with Crippen LogP contribution in [0.4, 0.5) is 5.69 Å². The van der Waals surface area contributed by atoms with Crippen LogP contribution in [0.1, 0.15) is 35.6 Å². The molecule has 0 saturated heterocycles. The molecule has 0 fully saturated rings. The lowest BCUT2D eigenvalue weighted by molar-refractivity contribution is -0.123. The van der Waals surface area contributed by atoms with Crippen LogP contribution in [0.25, 0.3) is 6.08 Å². The first-order valence-corrected chi connectivity index (χ1v) is 14.3. The predicted octanol–water partition coefficient (Wildman–Crippen LogP) is 7.21. The van der Waals surface area contributed by atoms with E-state index < -0.39 is 11.6 Å². The highest BCUT2D eigenvalue weighted by atomic mass is 79.9. The summed E-state index contributed by atoms with van der Waals surface area (Å²) in [6.07, 6.45) is 4.19. The van der Waals surface area contributed by atoms with E-state index in [1.165, 1.54) is 0 Å². The summed E-state index contributed by atoms with van der Waals surface area (Å²) >= 11 is 3.52. The van der Waals surface area contributed by atoms with Gasteiger partial charge in [0.25, 0.3) is 5.91 Å². The Balaban J connectivity index is 1.54. The summed E-state index contributed by atoms with van der Waals surface area (Å²) in [7, 11) is 0. The Bertz CT molecular complexity index is 1490. The Kier molecular flexibility index (Phi) is 9.29. The van der Waals surface area contributed by atoms with Gasteiger partial charge in [-0.05, 0) is 59.7 Å². The number of amides is 1. The standard InChI is InChI=1S/C34H31BrN2O4/c35-28-18-14-26(15-19-28)31-34(22-7-11-25-9-3-1-4-10-25,33(39)36-29-12-5-2-6-13-29)37-32(41-31)27-16-20-30(21-17-27)40-24-8-23-38/h1-7,9-21,31,38H,8,22-24H2,(H,36,39)/b11-7+/t31-,34-/m1/s1. The summed E-state index contributed by atoms with van der Waals surface area (Å²) in [4.78, 5) is 19.3. The van der Waals surface area contributed by atoms with Crippen LogP contribution in [0.3, 0.4) is 0 Å². The van der Waals surface area contributed by atoms with Crippen molar-refractivity contribution in [3.05, 3.63) is 136 Å². The van der Waals surface area contributed by atoms with E-state index in [4.69, 9.17) is 19.6 Å². The molecule has 1 heterocycles. The number of carbonyl (C=O) groups is 1. The monoisotopic (exact) mass is 610 g/mol. The van der Waals surface area contributed by atoms with Gasteiger partial charge in [-0.1, -0.05) is 88.7 Å². The van der Waals surface area contributed by atoms with Crippen LogP contribution in [0, 0.1) is 0 Å². The van der Waals surface area contributed by atoms with Crippen LogP contribution >= 0.6 is 15.9 Å². The lowest BCUT2D eigenvalue weighted by atomic mass is 9.84. The minimum Gasteiger partial charge on any atom is -0.494 e. The molecule has 0 unspecified atom stereocenters. The van der Waals surface area contributed by atoms with Crippen LogP contribution in [0.2, 0.25) is 0 Å². The molecule has 0 radical (unpaired) electrons. The van der Waals surface area contributed by atoms with Crippen molar-refractivity contribution in [2.45, 2.75) is 24.5 Å². The van der Waals surface area contributed by atoms with Gasteiger partial charge < -0.3 is 19.9 Å². The van der Waals surface area contributed by atoms with Crippen molar-refractivity contribution < 1.29 is 19.4 Å². The van der Waals surface area contributed by atoms with E-state index in [1.54, 1.807) is 0 Å². The van der Waals surface area contributed by atoms with Gasteiger partial charge in [-0.2, -0.15) is 0 Å². The quantitative estimate of drug-likeness (QED) is 0.176. The number of para-hydroxylation sites is 1. The molecule has 1 amide bonds. The van der Waals surface area contributed by atoms with E-state index in [9.17, 15) is 4.79 Å². The number of carbonyl (C=O) groups excluding carboxylic acids is 1. The zero-order valence-electron chi connectivity index (χ0n) is 22.4. The second-order valence-electron chi connectivity index (χ2n) is 9.68. The number of benzene rings is 4. The first-order chi connectivity index (χ1) is 20.1. The molecule has 0 saturated carbocycles. The van der Waals surface area contributed by atoms with Crippen molar-refractivity contribution in [3.8, 4) is 5.75 Å². The first-order valence-electron chi connectivity index (χ1n) is 13.5. The molecule has 41 heavy (non-hydrogen) atoms. The maximum absolute atomic E-state index is 14.2. The molecule has 6 nitrogen and oxygen atoms in total. The minimum absolute atomic E-state index is 0.0754. The molecular weight excluding hydrogens is 580 g/mol. The maximum Gasteiger partial charge on any atom is 0.257 e. The molecule has 2 atom stereocenters. The second-order valence-corrected chi connectivity index (χ2v) is 10.6. The fourth-order valence-corrected chi connectivity index (χ4v) is 4.92. The summed E-state index contributed by atoms with van der Waals surface area (Å²) < 4.78 is 13.2. The van der Waals surface area contributed by atoms with Crippen LogP contribution < -0.4 is 10.1 Å². The van der Waals surface area contributed by atoms with Gasteiger partial charge in [0, 0.05) is 35.2 Å². The lowest BCUT2D eigenvalue weighted by Gasteiger charge is -2.30. The second kappa shape index (κ2) is 13.4. The number of aliphatic hydroxyl groups is 1. The molecule has 0 spiro atoms. The highest BCUT2D eigenvalue weighted by molar-refractivity contribution is 9.10. The molecule has 0 aromatic heterocycles. The molecule has 1 aliphatic heterocycles. The predicted molar refractivity (Wildman–Crippen MR) is 166 cm³/mol. The number of hydrogen-bond acceptors (Lipinski definition) is 5. The van der Waals surface area contributed by atoms with Gasteiger partial charge in [0.05, 0.1) is 6.61 Å². The largest absolute Gasteiger partial charge is 0.494 e.